The van der Waals surface area contributed by atoms with Crippen LogP contribution in [0.4, 0.5) is 0 Å². The largest absolute Gasteiger partial charge is 0.329 e. The Morgan fingerprint density at radius 1 is 1.42 bits per heavy atom. The summed E-state index contributed by atoms with van der Waals surface area (Å²) < 4.78 is 0. The van der Waals surface area contributed by atoms with E-state index in [4.69, 9.17) is 5.73 Å². The zero-order valence-corrected chi connectivity index (χ0v) is 8.56. The minimum Gasteiger partial charge on any atom is -0.329 e. The Bertz CT molecular complexity index is 133. The van der Waals surface area contributed by atoms with Gasteiger partial charge in [-0.05, 0) is 24.7 Å². The van der Waals surface area contributed by atoms with E-state index in [-0.39, 0.29) is 0 Å². The maximum atomic E-state index is 5.69. The third kappa shape index (κ3) is 4.07. The summed E-state index contributed by atoms with van der Waals surface area (Å²) in [5, 5.41) is 3.57. The van der Waals surface area contributed by atoms with Gasteiger partial charge in [0.15, 0.2) is 0 Å². The first kappa shape index (κ1) is 10.0. The van der Waals surface area contributed by atoms with Crippen molar-refractivity contribution in [3.8, 4) is 0 Å². The zero-order valence-electron chi connectivity index (χ0n) is 8.56. The summed E-state index contributed by atoms with van der Waals surface area (Å²) in [7, 11) is 0. The predicted molar refractivity (Wildman–Crippen MR) is 53.1 cm³/mol. The molecule has 0 radical (unpaired) electrons. The SMILES string of the molecule is CC(C)(C)CC(CN)NC1CC1. The van der Waals surface area contributed by atoms with Crippen molar-refractivity contribution in [2.45, 2.75) is 52.1 Å². The van der Waals surface area contributed by atoms with Crippen LogP contribution < -0.4 is 11.1 Å². The molecule has 3 N–H and O–H groups in total. The fourth-order valence-corrected chi connectivity index (χ4v) is 1.53. The molecule has 0 spiro atoms. The summed E-state index contributed by atoms with van der Waals surface area (Å²) in [4.78, 5) is 0. The molecule has 0 aliphatic heterocycles. The van der Waals surface area contributed by atoms with E-state index in [1.165, 1.54) is 19.3 Å². The van der Waals surface area contributed by atoms with E-state index < -0.39 is 0 Å². The van der Waals surface area contributed by atoms with E-state index in [0.717, 1.165) is 12.6 Å². The summed E-state index contributed by atoms with van der Waals surface area (Å²) in [6, 6.07) is 1.30. The maximum absolute atomic E-state index is 5.69. The second-order valence-corrected chi connectivity index (χ2v) is 5.14. The average Bonchev–Trinajstić information content (AvgIpc) is 2.67. The third-order valence-electron chi connectivity index (χ3n) is 2.19. The first-order valence-electron chi connectivity index (χ1n) is 4.97. The molecule has 0 aromatic rings. The van der Waals surface area contributed by atoms with Crippen LogP contribution in [0.15, 0.2) is 0 Å². The van der Waals surface area contributed by atoms with E-state index >= 15 is 0 Å². The van der Waals surface area contributed by atoms with Crippen molar-refractivity contribution in [1.29, 1.82) is 0 Å². The quantitative estimate of drug-likeness (QED) is 0.671. The summed E-state index contributed by atoms with van der Waals surface area (Å²) in [5.74, 6) is 0. The van der Waals surface area contributed by atoms with Crippen LogP contribution in [0.2, 0.25) is 0 Å². The number of hydrogen-bond acceptors (Lipinski definition) is 2. The Hall–Kier alpha value is -0.0800. The highest BCUT2D eigenvalue weighted by Crippen LogP contribution is 2.24. The van der Waals surface area contributed by atoms with Gasteiger partial charge in [0.25, 0.3) is 0 Å². The maximum Gasteiger partial charge on any atom is 0.0197 e. The molecule has 1 unspecified atom stereocenters. The minimum atomic E-state index is 0.395. The van der Waals surface area contributed by atoms with E-state index in [9.17, 15) is 0 Å². The van der Waals surface area contributed by atoms with Gasteiger partial charge >= 0.3 is 0 Å². The highest BCUT2D eigenvalue weighted by atomic mass is 15.0. The summed E-state index contributed by atoms with van der Waals surface area (Å²) in [6.07, 6.45) is 3.88. The Morgan fingerprint density at radius 2 is 2.00 bits per heavy atom. The molecule has 1 fully saturated rings. The Morgan fingerprint density at radius 3 is 2.33 bits per heavy atom. The van der Waals surface area contributed by atoms with Gasteiger partial charge in [0.05, 0.1) is 0 Å². The van der Waals surface area contributed by atoms with Crippen molar-refractivity contribution in [3.05, 3.63) is 0 Å². The molecule has 1 saturated carbocycles. The molecule has 0 aromatic heterocycles. The lowest BCUT2D eigenvalue weighted by atomic mass is 9.88. The number of nitrogens with one attached hydrogen (secondary N) is 1. The van der Waals surface area contributed by atoms with Crippen LogP contribution in [-0.4, -0.2) is 18.6 Å². The Labute approximate surface area is 75.9 Å². The Balaban J connectivity index is 2.23. The minimum absolute atomic E-state index is 0.395. The topological polar surface area (TPSA) is 38.0 Å². The second kappa shape index (κ2) is 3.75. The van der Waals surface area contributed by atoms with Crippen LogP contribution in [0.3, 0.4) is 0 Å². The zero-order chi connectivity index (χ0) is 9.19. The fraction of sp³-hybridized carbons (Fsp3) is 1.00. The highest BCUT2D eigenvalue weighted by Gasteiger charge is 2.26. The van der Waals surface area contributed by atoms with Gasteiger partial charge in [-0.25, -0.2) is 0 Å². The number of hydrogen-bond donors (Lipinski definition) is 2. The summed E-state index contributed by atoms with van der Waals surface area (Å²) in [5.41, 5.74) is 6.09. The molecule has 2 heteroatoms. The van der Waals surface area contributed by atoms with Gasteiger partial charge in [-0.3, -0.25) is 0 Å². The van der Waals surface area contributed by atoms with E-state index in [0.29, 0.717) is 11.5 Å². The first-order valence-corrected chi connectivity index (χ1v) is 4.97. The normalized spacial score (nSPS) is 21.0. The Kier molecular flexibility index (Phi) is 3.13. The van der Waals surface area contributed by atoms with Gasteiger partial charge < -0.3 is 11.1 Å². The molecular formula is C10H22N2. The van der Waals surface area contributed by atoms with Crippen LogP contribution in [0.1, 0.15) is 40.0 Å². The molecule has 0 heterocycles. The molecule has 1 aliphatic carbocycles. The number of rotatable bonds is 4. The van der Waals surface area contributed by atoms with Gasteiger partial charge in [0, 0.05) is 18.6 Å². The lowest BCUT2D eigenvalue weighted by Crippen LogP contribution is -2.40. The van der Waals surface area contributed by atoms with Crippen LogP contribution >= 0.6 is 0 Å². The van der Waals surface area contributed by atoms with Crippen molar-refractivity contribution >= 4 is 0 Å². The molecule has 1 rings (SSSR count). The van der Waals surface area contributed by atoms with E-state index in [1.54, 1.807) is 0 Å². The smallest absolute Gasteiger partial charge is 0.0197 e. The van der Waals surface area contributed by atoms with Crippen molar-refractivity contribution in [1.82, 2.24) is 5.32 Å². The van der Waals surface area contributed by atoms with Crippen molar-refractivity contribution in [2.75, 3.05) is 6.54 Å². The molecule has 1 atom stereocenters. The first-order chi connectivity index (χ1) is 5.51. The summed E-state index contributed by atoms with van der Waals surface area (Å²) in [6.45, 7) is 7.58. The molecule has 2 nitrogen and oxygen atoms in total. The molecule has 72 valence electrons. The van der Waals surface area contributed by atoms with Gasteiger partial charge in [-0.2, -0.15) is 0 Å². The molecular weight excluding hydrogens is 148 g/mol. The number of nitrogens with two attached hydrogens (primary N) is 1. The monoisotopic (exact) mass is 170 g/mol. The lowest BCUT2D eigenvalue weighted by Gasteiger charge is -2.25. The molecule has 0 saturated heterocycles. The lowest BCUT2D eigenvalue weighted by molar-refractivity contribution is 0.310. The van der Waals surface area contributed by atoms with Gasteiger partial charge in [-0.15, -0.1) is 0 Å². The van der Waals surface area contributed by atoms with Crippen LogP contribution in [0, 0.1) is 5.41 Å². The standard InChI is InChI=1S/C10H22N2/c1-10(2,3)6-9(7-11)12-8-4-5-8/h8-9,12H,4-7,11H2,1-3H3. The second-order valence-electron chi connectivity index (χ2n) is 5.14. The molecule has 0 amide bonds. The fourth-order valence-electron chi connectivity index (χ4n) is 1.53. The third-order valence-corrected chi connectivity index (χ3v) is 2.19. The van der Waals surface area contributed by atoms with E-state index in [2.05, 4.69) is 26.1 Å². The van der Waals surface area contributed by atoms with Crippen molar-refractivity contribution < 1.29 is 0 Å². The molecule has 1 aliphatic rings. The van der Waals surface area contributed by atoms with Crippen molar-refractivity contribution in [2.24, 2.45) is 11.1 Å². The van der Waals surface area contributed by atoms with Crippen LogP contribution in [0.25, 0.3) is 0 Å². The van der Waals surface area contributed by atoms with Gasteiger partial charge in [0.1, 0.15) is 0 Å². The average molecular weight is 170 g/mol. The van der Waals surface area contributed by atoms with Gasteiger partial charge in [-0.1, -0.05) is 20.8 Å². The summed E-state index contributed by atoms with van der Waals surface area (Å²) >= 11 is 0. The molecule has 0 aromatic carbocycles. The van der Waals surface area contributed by atoms with Crippen molar-refractivity contribution in [3.63, 3.8) is 0 Å². The highest BCUT2D eigenvalue weighted by molar-refractivity contribution is 4.86. The molecule has 0 bridgehead atoms. The van der Waals surface area contributed by atoms with Gasteiger partial charge in [0.2, 0.25) is 0 Å². The van der Waals surface area contributed by atoms with E-state index in [1.807, 2.05) is 0 Å². The van der Waals surface area contributed by atoms with Crippen LogP contribution in [-0.2, 0) is 0 Å². The predicted octanol–water partition coefficient (Wildman–Crippen LogP) is 1.50. The molecule has 12 heavy (non-hydrogen) atoms. The van der Waals surface area contributed by atoms with Crippen LogP contribution in [0.5, 0.6) is 0 Å².